The predicted molar refractivity (Wildman–Crippen MR) is 244 cm³/mol. The van der Waals surface area contributed by atoms with Gasteiger partial charge in [0.25, 0.3) is 0 Å². The highest BCUT2D eigenvalue weighted by molar-refractivity contribution is 6.20. The molecule has 0 unspecified atom stereocenters. The van der Waals surface area contributed by atoms with E-state index in [4.69, 9.17) is 19.9 Å². The Morgan fingerprint density at radius 2 is 0.831 bits per heavy atom. The van der Waals surface area contributed by atoms with Crippen molar-refractivity contribution < 1.29 is 0 Å². The molecule has 12 rings (SSSR count). The topological polar surface area (TPSA) is 56.5 Å². The summed E-state index contributed by atoms with van der Waals surface area (Å²) in [6.45, 7) is 0. The Morgan fingerprint density at radius 1 is 0.288 bits per heavy atom. The lowest BCUT2D eigenvalue weighted by molar-refractivity contribution is 1.08. The summed E-state index contributed by atoms with van der Waals surface area (Å²) in [5, 5.41) is 10.3. The Morgan fingerprint density at radius 3 is 1.49 bits per heavy atom. The minimum absolute atomic E-state index is 0.595. The van der Waals surface area contributed by atoms with E-state index in [1.165, 1.54) is 27.1 Å². The van der Waals surface area contributed by atoms with Crippen LogP contribution in [0.1, 0.15) is 0 Å². The molecule has 5 nitrogen and oxygen atoms in total. The van der Waals surface area contributed by atoms with Crippen LogP contribution in [0.15, 0.2) is 200 Å². The van der Waals surface area contributed by atoms with Gasteiger partial charge in [-0.3, -0.25) is 0 Å². The summed E-state index contributed by atoms with van der Waals surface area (Å²) in [4.78, 5) is 20.9. The summed E-state index contributed by atoms with van der Waals surface area (Å²) < 4.78 is 2.37. The van der Waals surface area contributed by atoms with Gasteiger partial charge < -0.3 is 4.57 Å². The predicted octanol–water partition coefficient (Wildman–Crippen LogP) is 13.6. The quantitative estimate of drug-likeness (QED) is 0.164. The zero-order chi connectivity index (χ0) is 38.9. The van der Waals surface area contributed by atoms with E-state index in [2.05, 4.69) is 205 Å². The van der Waals surface area contributed by atoms with Crippen molar-refractivity contribution in [3.05, 3.63) is 200 Å². The van der Waals surface area contributed by atoms with E-state index in [0.717, 1.165) is 71.6 Å². The molecule has 3 aromatic heterocycles. The van der Waals surface area contributed by atoms with Crippen LogP contribution in [0.3, 0.4) is 0 Å². The van der Waals surface area contributed by atoms with E-state index in [1.807, 2.05) is 0 Å². The van der Waals surface area contributed by atoms with Gasteiger partial charge in [-0.1, -0.05) is 152 Å². The number of hydrogen-bond donors (Lipinski definition) is 0. The van der Waals surface area contributed by atoms with Gasteiger partial charge in [-0.2, -0.15) is 0 Å². The van der Waals surface area contributed by atoms with Crippen LogP contribution >= 0.6 is 0 Å². The minimum Gasteiger partial charge on any atom is -0.309 e. The molecule has 0 radical (unpaired) electrons. The fraction of sp³-hybridized carbons (Fsp3) is 0. The Kier molecular flexibility index (Phi) is 7.47. The second-order valence-corrected chi connectivity index (χ2v) is 15.1. The molecule has 0 saturated carbocycles. The average Bonchev–Trinajstić information content (AvgIpc) is 3.63. The fourth-order valence-electron chi connectivity index (χ4n) is 8.70. The molecule has 0 aliphatic rings. The number of hydrogen-bond acceptors (Lipinski definition) is 4. The van der Waals surface area contributed by atoms with Gasteiger partial charge in [-0.05, 0) is 75.5 Å². The van der Waals surface area contributed by atoms with E-state index in [-0.39, 0.29) is 0 Å². The Bertz CT molecular complexity index is 3510. The third-order valence-corrected chi connectivity index (χ3v) is 11.6. The molecular weight excluding hydrogens is 719 g/mol. The first-order valence-corrected chi connectivity index (χ1v) is 19.9. The highest BCUT2D eigenvalue weighted by atomic mass is 15.0. The summed E-state index contributed by atoms with van der Waals surface area (Å²) in [5.74, 6) is 1.84. The average molecular weight is 752 g/mol. The molecule has 5 heteroatoms. The monoisotopic (exact) mass is 751 g/mol. The largest absolute Gasteiger partial charge is 0.309 e. The standard InChI is InChI=1S/C54H33N5/c1-3-15-36(16-4-1)51-47-33-50-46(44-21-11-12-22-49(44)59(50)42-19-5-2-6-20-42)32-45(47)43-28-27-41(31-48(43)55-51)54-57-52(39-25-23-34-13-7-9-17-37(34)29-39)56-53(58-54)40-26-24-35-14-8-10-18-38(35)30-40/h1-33H. The Balaban J connectivity index is 1.10. The van der Waals surface area contributed by atoms with E-state index in [1.54, 1.807) is 0 Å². The van der Waals surface area contributed by atoms with Crippen molar-refractivity contribution in [3.8, 4) is 51.1 Å². The molecule has 12 aromatic rings. The molecule has 0 saturated heterocycles. The van der Waals surface area contributed by atoms with E-state index >= 15 is 0 Å². The summed E-state index contributed by atoms with van der Waals surface area (Å²) in [6.07, 6.45) is 0. The van der Waals surface area contributed by atoms with E-state index < -0.39 is 0 Å². The SMILES string of the molecule is c1ccc(-c2nc3cc(-c4nc(-c5ccc6ccccc6c5)nc(-c5ccc6ccccc6c5)n4)ccc3c3cc4c5ccccc5n(-c5ccccc5)c4cc23)cc1. The van der Waals surface area contributed by atoms with Gasteiger partial charge >= 0.3 is 0 Å². The van der Waals surface area contributed by atoms with Crippen LogP contribution < -0.4 is 0 Å². The maximum Gasteiger partial charge on any atom is 0.164 e. The lowest BCUT2D eigenvalue weighted by Crippen LogP contribution is -2.00. The van der Waals surface area contributed by atoms with Crippen LogP contribution in [0, 0.1) is 0 Å². The fourth-order valence-corrected chi connectivity index (χ4v) is 8.70. The van der Waals surface area contributed by atoms with Crippen molar-refractivity contribution in [1.82, 2.24) is 24.5 Å². The van der Waals surface area contributed by atoms with E-state index in [9.17, 15) is 0 Å². The second-order valence-electron chi connectivity index (χ2n) is 15.1. The highest BCUT2D eigenvalue weighted by Gasteiger charge is 2.19. The normalized spacial score (nSPS) is 11.7. The summed E-state index contributed by atoms with van der Waals surface area (Å²) in [6, 6.07) is 70.5. The third-order valence-electron chi connectivity index (χ3n) is 11.6. The number of aromatic nitrogens is 5. The zero-order valence-electron chi connectivity index (χ0n) is 31.8. The molecule has 0 N–H and O–H groups in total. The van der Waals surface area contributed by atoms with Crippen LogP contribution in [0.4, 0.5) is 0 Å². The molecule has 0 bridgehead atoms. The number of fused-ring (bicyclic) bond motifs is 8. The Hall–Kier alpha value is -8.02. The molecule has 3 heterocycles. The van der Waals surface area contributed by atoms with Gasteiger partial charge in [0.2, 0.25) is 0 Å². The van der Waals surface area contributed by atoms with Crippen molar-refractivity contribution in [2.75, 3.05) is 0 Å². The second kappa shape index (κ2) is 13.3. The van der Waals surface area contributed by atoms with Gasteiger partial charge in [-0.25, -0.2) is 19.9 Å². The molecule has 0 spiro atoms. The number of para-hydroxylation sites is 2. The third kappa shape index (κ3) is 5.55. The number of benzene rings is 9. The molecule has 0 aliphatic heterocycles. The molecule has 0 amide bonds. The number of pyridine rings is 1. The Labute approximate surface area is 339 Å². The van der Waals surface area contributed by atoms with Crippen molar-refractivity contribution in [3.63, 3.8) is 0 Å². The molecule has 59 heavy (non-hydrogen) atoms. The summed E-state index contributed by atoms with van der Waals surface area (Å²) in [7, 11) is 0. The van der Waals surface area contributed by atoms with Gasteiger partial charge in [-0.15, -0.1) is 0 Å². The first-order valence-electron chi connectivity index (χ1n) is 19.9. The first kappa shape index (κ1) is 33.2. The van der Waals surface area contributed by atoms with Crippen molar-refractivity contribution >= 4 is 65.0 Å². The lowest BCUT2D eigenvalue weighted by atomic mass is 9.97. The van der Waals surface area contributed by atoms with Crippen LogP contribution in [-0.2, 0) is 0 Å². The molecule has 0 fully saturated rings. The maximum atomic E-state index is 5.47. The molecule has 274 valence electrons. The maximum absolute atomic E-state index is 5.47. The van der Waals surface area contributed by atoms with Crippen LogP contribution in [0.25, 0.3) is 116 Å². The van der Waals surface area contributed by atoms with Crippen molar-refractivity contribution in [2.45, 2.75) is 0 Å². The van der Waals surface area contributed by atoms with Crippen LogP contribution in [0.5, 0.6) is 0 Å². The van der Waals surface area contributed by atoms with Gasteiger partial charge in [0.05, 0.1) is 22.2 Å². The molecule has 0 aliphatic carbocycles. The lowest BCUT2D eigenvalue weighted by Gasteiger charge is -2.14. The molecular formula is C54H33N5. The van der Waals surface area contributed by atoms with Crippen LogP contribution in [0.2, 0.25) is 0 Å². The minimum atomic E-state index is 0.595. The van der Waals surface area contributed by atoms with Gasteiger partial charge in [0.1, 0.15) is 0 Å². The first-order chi connectivity index (χ1) is 29.2. The zero-order valence-corrected chi connectivity index (χ0v) is 31.8. The number of rotatable bonds is 5. The highest BCUT2D eigenvalue weighted by Crippen LogP contribution is 2.41. The van der Waals surface area contributed by atoms with Gasteiger partial charge in [0, 0.05) is 49.5 Å². The van der Waals surface area contributed by atoms with Crippen molar-refractivity contribution in [1.29, 1.82) is 0 Å². The molecule has 9 aromatic carbocycles. The summed E-state index contributed by atoms with van der Waals surface area (Å²) in [5.41, 5.74) is 9.05. The van der Waals surface area contributed by atoms with E-state index in [0.29, 0.717) is 17.5 Å². The van der Waals surface area contributed by atoms with Crippen molar-refractivity contribution in [2.24, 2.45) is 0 Å². The smallest absolute Gasteiger partial charge is 0.164 e. The van der Waals surface area contributed by atoms with Crippen LogP contribution in [-0.4, -0.2) is 24.5 Å². The summed E-state index contributed by atoms with van der Waals surface area (Å²) >= 11 is 0. The molecule has 0 atom stereocenters. The van der Waals surface area contributed by atoms with Gasteiger partial charge in [0.15, 0.2) is 17.5 Å². The number of nitrogens with zero attached hydrogens (tertiary/aromatic N) is 5.